The summed E-state index contributed by atoms with van der Waals surface area (Å²) in [4.78, 5) is 8.48. The molecule has 0 unspecified atom stereocenters. The fourth-order valence-electron chi connectivity index (χ4n) is 2.32. The summed E-state index contributed by atoms with van der Waals surface area (Å²) in [5.74, 6) is 0.961. The number of rotatable bonds is 7. The average Bonchev–Trinajstić information content (AvgIpc) is 2.95. The molecule has 0 atom stereocenters. The second-order valence-electron chi connectivity index (χ2n) is 5.33. The predicted molar refractivity (Wildman–Crippen MR) is 99.6 cm³/mol. The molecule has 2 aromatic heterocycles. The minimum absolute atomic E-state index is 0.185. The lowest BCUT2D eigenvalue weighted by Crippen LogP contribution is -2.08. The van der Waals surface area contributed by atoms with Crippen molar-refractivity contribution in [2.24, 2.45) is 0 Å². The smallest absolute Gasteiger partial charge is 0.185 e. The van der Waals surface area contributed by atoms with E-state index >= 15 is 0 Å². The van der Waals surface area contributed by atoms with E-state index in [1.165, 1.54) is 12.2 Å². The van der Waals surface area contributed by atoms with Crippen LogP contribution < -0.4 is 5.32 Å². The fourth-order valence-corrected chi connectivity index (χ4v) is 2.42. The number of halogens is 1. The molecule has 0 radical (unpaired) electrons. The minimum Gasteiger partial charge on any atom is -0.340 e. The van der Waals surface area contributed by atoms with Crippen molar-refractivity contribution in [2.75, 3.05) is 5.32 Å². The van der Waals surface area contributed by atoms with Gasteiger partial charge < -0.3 is 10.2 Å². The lowest BCUT2D eigenvalue weighted by molar-refractivity contribution is -0.199. The molecule has 0 fully saturated rings. The van der Waals surface area contributed by atoms with E-state index in [0.29, 0.717) is 10.7 Å². The molecular formula is C18H21ClN4O2. The molecule has 0 bridgehead atoms. The third kappa shape index (κ3) is 4.29. The molecule has 2 aromatic rings. The van der Waals surface area contributed by atoms with Gasteiger partial charge in [0.2, 0.25) is 0 Å². The van der Waals surface area contributed by atoms with Crippen LogP contribution in [0.1, 0.15) is 25.1 Å². The molecule has 0 aliphatic rings. The Hall–Kier alpha value is -2.57. The van der Waals surface area contributed by atoms with Gasteiger partial charge in [-0.1, -0.05) is 31.2 Å². The third-order valence-corrected chi connectivity index (χ3v) is 3.96. The van der Waals surface area contributed by atoms with Gasteiger partial charge >= 0.3 is 0 Å². The highest BCUT2D eigenvalue weighted by Gasteiger charge is 2.16. The normalized spacial score (nSPS) is 12.6. The molecule has 6 nitrogen and oxygen atoms in total. The Morgan fingerprint density at radius 2 is 2.12 bits per heavy atom. The molecule has 0 saturated carbocycles. The SMILES string of the molecule is C=C/C(Cl)=C\C(OO)=C(/C)Nc1c(C)c(CC)nn1-c1ccncc1. The van der Waals surface area contributed by atoms with Gasteiger partial charge in [0.15, 0.2) is 5.76 Å². The van der Waals surface area contributed by atoms with Crippen molar-refractivity contribution in [2.45, 2.75) is 27.2 Å². The average molecular weight is 361 g/mol. The van der Waals surface area contributed by atoms with Crippen LogP contribution in [0.15, 0.2) is 59.7 Å². The number of aryl methyl sites for hydroxylation is 1. The molecule has 0 saturated heterocycles. The highest BCUT2D eigenvalue weighted by Crippen LogP contribution is 2.26. The van der Waals surface area contributed by atoms with Gasteiger partial charge in [0.1, 0.15) is 5.82 Å². The van der Waals surface area contributed by atoms with Crippen molar-refractivity contribution in [3.63, 3.8) is 0 Å². The van der Waals surface area contributed by atoms with Crippen LogP contribution in [0.4, 0.5) is 5.82 Å². The first kappa shape index (κ1) is 18.8. The Balaban J connectivity index is 2.51. The van der Waals surface area contributed by atoms with Gasteiger partial charge in [-0.15, -0.1) is 0 Å². The number of pyridine rings is 1. The fraction of sp³-hybridized carbons (Fsp3) is 0.222. The Bertz CT molecular complexity index is 810. The zero-order valence-electron chi connectivity index (χ0n) is 14.5. The van der Waals surface area contributed by atoms with Crippen molar-refractivity contribution < 1.29 is 10.1 Å². The standard InChI is InChI=1S/C18H21ClN4O2/c1-5-14(19)11-17(25-24)13(4)21-18-12(3)16(6-2)22-23(18)15-7-9-20-10-8-15/h5,7-11,21,24H,1,6H2,2-4H3/b14-11+,17-13-. The van der Waals surface area contributed by atoms with Crippen LogP contribution in [0.5, 0.6) is 0 Å². The topological polar surface area (TPSA) is 72.2 Å². The van der Waals surface area contributed by atoms with Crippen LogP contribution in [0.25, 0.3) is 5.69 Å². The van der Waals surface area contributed by atoms with Gasteiger partial charge in [0.05, 0.1) is 17.1 Å². The van der Waals surface area contributed by atoms with Crippen LogP contribution in [0.2, 0.25) is 0 Å². The van der Waals surface area contributed by atoms with E-state index < -0.39 is 0 Å². The summed E-state index contributed by atoms with van der Waals surface area (Å²) >= 11 is 5.94. The second-order valence-corrected chi connectivity index (χ2v) is 5.77. The van der Waals surface area contributed by atoms with E-state index in [1.807, 2.05) is 26.0 Å². The van der Waals surface area contributed by atoms with Crippen LogP contribution >= 0.6 is 11.6 Å². The van der Waals surface area contributed by atoms with E-state index in [1.54, 1.807) is 24.0 Å². The molecule has 2 N–H and O–H groups in total. The van der Waals surface area contributed by atoms with Gasteiger partial charge in [-0.2, -0.15) is 5.10 Å². The number of nitrogens with zero attached hydrogens (tertiary/aromatic N) is 3. The van der Waals surface area contributed by atoms with Gasteiger partial charge in [-0.05, 0) is 32.4 Å². The van der Waals surface area contributed by atoms with Crippen molar-refractivity contribution in [3.05, 3.63) is 71.0 Å². The summed E-state index contributed by atoms with van der Waals surface area (Å²) in [6, 6.07) is 3.74. The molecular weight excluding hydrogens is 340 g/mol. The van der Waals surface area contributed by atoms with Crippen molar-refractivity contribution in [3.8, 4) is 5.69 Å². The molecule has 0 aliphatic carbocycles. The van der Waals surface area contributed by atoms with Gasteiger partial charge in [0, 0.05) is 29.1 Å². The lowest BCUT2D eigenvalue weighted by Gasteiger charge is -2.13. The summed E-state index contributed by atoms with van der Waals surface area (Å²) in [6.45, 7) is 9.38. The van der Waals surface area contributed by atoms with E-state index in [0.717, 1.165) is 29.2 Å². The number of nitrogens with one attached hydrogen (secondary N) is 1. The van der Waals surface area contributed by atoms with E-state index in [-0.39, 0.29) is 5.76 Å². The number of hydrogen-bond acceptors (Lipinski definition) is 5. The molecule has 132 valence electrons. The molecule has 2 heterocycles. The number of allylic oxidation sites excluding steroid dienone is 4. The zero-order valence-corrected chi connectivity index (χ0v) is 15.2. The number of hydrogen-bond donors (Lipinski definition) is 2. The quantitative estimate of drug-likeness (QED) is 0.327. The van der Waals surface area contributed by atoms with E-state index in [4.69, 9.17) is 16.9 Å². The van der Waals surface area contributed by atoms with Crippen molar-refractivity contribution in [1.82, 2.24) is 14.8 Å². The first-order chi connectivity index (χ1) is 12.0. The molecule has 0 aromatic carbocycles. The van der Waals surface area contributed by atoms with Gasteiger partial charge in [-0.3, -0.25) is 4.98 Å². The maximum atomic E-state index is 9.16. The first-order valence-electron chi connectivity index (χ1n) is 7.79. The predicted octanol–water partition coefficient (Wildman–Crippen LogP) is 4.58. The summed E-state index contributed by atoms with van der Waals surface area (Å²) in [7, 11) is 0. The molecule has 25 heavy (non-hydrogen) atoms. The van der Waals surface area contributed by atoms with Crippen LogP contribution in [-0.4, -0.2) is 20.0 Å². The van der Waals surface area contributed by atoms with Crippen LogP contribution in [0, 0.1) is 6.92 Å². The lowest BCUT2D eigenvalue weighted by atomic mass is 10.2. The molecule has 0 spiro atoms. The van der Waals surface area contributed by atoms with Crippen LogP contribution in [-0.2, 0) is 11.3 Å². The monoisotopic (exact) mass is 360 g/mol. The van der Waals surface area contributed by atoms with E-state index in [2.05, 4.69) is 26.9 Å². The molecule has 0 amide bonds. The Labute approximate surface area is 152 Å². The summed E-state index contributed by atoms with van der Waals surface area (Å²) in [5, 5.41) is 17.4. The Morgan fingerprint density at radius 3 is 2.68 bits per heavy atom. The highest BCUT2D eigenvalue weighted by molar-refractivity contribution is 6.31. The van der Waals surface area contributed by atoms with Crippen LogP contribution in [0.3, 0.4) is 0 Å². The Kier molecular flexibility index (Phi) is 6.38. The Morgan fingerprint density at radius 1 is 1.44 bits per heavy atom. The summed E-state index contributed by atoms with van der Waals surface area (Å²) < 4.78 is 1.80. The van der Waals surface area contributed by atoms with Gasteiger partial charge in [0.25, 0.3) is 0 Å². The molecule has 2 rings (SSSR count). The largest absolute Gasteiger partial charge is 0.340 e. The minimum atomic E-state index is 0.185. The molecule has 0 aliphatic heterocycles. The van der Waals surface area contributed by atoms with Crippen molar-refractivity contribution >= 4 is 17.4 Å². The zero-order chi connectivity index (χ0) is 18.4. The van der Waals surface area contributed by atoms with Crippen molar-refractivity contribution in [1.29, 1.82) is 0 Å². The maximum Gasteiger partial charge on any atom is 0.185 e. The second kappa shape index (κ2) is 8.50. The molecule has 7 heteroatoms. The first-order valence-corrected chi connectivity index (χ1v) is 8.17. The summed E-state index contributed by atoms with van der Waals surface area (Å²) in [6.07, 6.45) is 7.14. The number of anilines is 1. The maximum absolute atomic E-state index is 9.16. The highest BCUT2D eigenvalue weighted by atomic mass is 35.5. The van der Waals surface area contributed by atoms with E-state index in [9.17, 15) is 0 Å². The summed E-state index contributed by atoms with van der Waals surface area (Å²) in [5.41, 5.74) is 3.43. The third-order valence-electron chi connectivity index (χ3n) is 3.70. The van der Waals surface area contributed by atoms with Gasteiger partial charge in [-0.25, -0.2) is 9.94 Å². The number of aromatic nitrogens is 3.